The van der Waals surface area contributed by atoms with E-state index in [1.807, 2.05) is 20.8 Å². The van der Waals surface area contributed by atoms with Gasteiger partial charge >= 0.3 is 11.7 Å². The molecular weight excluding hydrogens is 634 g/mol. The number of esters is 1. The molecule has 0 amide bonds. The first-order valence-corrected chi connectivity index (χ1v) is 15.4. The summed E-state index contributed by atoms with van der Waals surface area (Å²) in [5, 5.41) is 18.9. The van der Waals surface area contributed by atoms with Crippen LogP contribution in [0.15, 0.2) is 45.2 Å². The lowest BCUT2D eigenvalue weighted by atomic mass is 10.1. The Morgan fingerprint density at radius 2 is 1.94 bits per heavy atom. The highest BCUT2D eigenvalue weighted by atomic mass is 35.5. The number of aromatic amines is 1. The van der Waals surface area contributed by atoms with Gasteiger partial charge in [0.15, 0.2) is 0 Å². The van der Waals surface area contributed by atoms with E-state index in [0.29, 0.717) is 35.3 Å². The van der Waals surface area contributed by atoms with Crippen molar-refractivity contribution in [2.24, 2.45) is 5.11 Å². The molecule has 1 aliphatic heterocycles. The molecule has 1 fully saturated rings. The minimum absolute atomic E-state index is 0.194. The monoisotopic (exact) mass is 675 g/mol. The van der Waals surface area contributed by atoms with Crippen LogP contribution in [0, 0.1) is 6.92 Å². The maximum atomic E-state index is 11.7. The van der Waals surface area contributed by atoms with Crippen molar-refractivity contribution in [3.05, 3.63) is 78.2 Å². The molecule has 1 aliphatic rings. The summed E-state index contributed by atoms with van der Waals surface area (Å²) in [6.45, 7) is 10.5. The molecule has 6 N–H and O–H groups in total. The Labute approximate surface area is 276 Å². The summed E-state index contributed by atoms with van der Waals surface area (Å²) in [5.74, 6) is 0.713. The van der Waals surface area contributed by atoms with Gasteiger partial charge in [0.25, 0.3) is 5.56 Å². The lowest BCUT2D eigenvalue weighted by Crippen LogP contribution is -2.33. The number of anilines is 3. The third-order valence-electron chi connectivity index (χ3n) is 6.28. The van der Waals surface area contributed by atoms with E-state index in [0.717, 1.165) is 19.4 Å². The van der Waals surface area contributed by atoms with Gasteiger partial charge < -0.3 is 30.9 Å². The van der Waals surface area contributed by atoms with Crippen LogP contribution in [0.5, 0.6) is 0 Å². The van der Waals surface area contributed by atoms with E-state index in [-0.39, 0.29) is 30.3 Å². The quantitative estimate of drug-likeness (QED) is 0.0486. The summed E-state index contributed by atoms with van der Waals surface area (Å²) in [5.41, 5.74) is 14.5. The molecule has 0 saturated carbocycles. The second kappa shape index (κ2) is 19.7. The van der Waals surface area contributed by atoms with Crippen LogP contribution in [-0.4, -0.2) is 73.5 Å². The SMILES string of the molecule is CCCCOC(=O)c1ccc(N)cc1.CCNc1nc(Cl)nc(NC(C)C)n1.Cc1cn([C@H]2C[C@H](N=[N+]=[N-])[C@@H](CO)O2)c(=O)[nH]c1=O. The van der Waals surface area contributed by atoms with Crippen molar-refractivity contribution in [3.8, 4) is 0 Å². The van der Waals surface area contributed by atoms with Crippen LogP contribution in [0.4, 0.5) is 17.6 Å². The smallest absolute Gasteiger partial charge is 0.338 e. The molecule has 1 saturated heterocycles. The van der Waals surface area contributed by atoms with Gasteiger partial charge in [-0.3, -0.25) is 14.3 Å². The fraction of sp³-hybridized carbons (Fsp3) is 0.517. The van der Waals surface area contributed by atoms with Crippen molar-refractivity contribution in [3.63, 3.8) is 0 Å². The first kappa shape index (κ1) is 38.5. The first-order chi connectivity index (χ1) is 22.4. The minimum Gasteiger partial charge on any atom is -0.462 e. The Morgan fingerprint density at radius 3 is 2.53 bits per heavy atom. The number of rotatable bonds is 11. The van der Waals surface area contributed by atoms with E-state index in [2.05, 4.69) is 47.5 Å². The maximum Gasteiger partial charge on any atom is 0.338 e. The second-order valence-electron chi connectivity index (χ2n) is 10.5. The standard InChI is InChI=1S/C11H15NO2.C10H13N5O4.C8H14ClN5/c1-2-3-8-14-11(13)9-4-6-10(12)7-5-9;1-5-3-15(10(18)12-9(5)17)8-2-6(13-14-11)7(4-16)19-8;1-4-10-7-12-6(9)13-8(14-7)11-5(2)3/h4-7H,2-3,8,12H2,1H3;3,6-8,16H,2,4H2,1H3,(H,12,17,18);5H,4H2,1-3H3,(H2,10,11,12,13,14)/t;6-,7+,8+;/m.0./s1. The predicted octanol–water partition coefficient (Wildman–Crippen LogP) is 3.81. The van der Waals surface area contributed by atoms with Crippen LogP contribution in [0.25, 0.3) is 10.4 Å². The number of carbonyl (C=O) groups is 1. The molecule has 1 aromatic carbocycles. The van der Waals surface area contributed by atoms with Crippen LogP contribution in [0.2, 0.25) is 5.28 Å². The summed E-state index contributed by atoms with van der Waals surface area (Å²) in [7, 11) is 0. The number of nitrogens with one attached hydrogen (secondary N) is 3. The van der Waals surface area contributed by atoms with Crippen LogP contribution in [0.1, 0.15) is 69.1 Å². The number of hydrogen-bond acceptors (Lipinski definition) is 13. The van der Waals surface area contributed by atoms with E-state index >= 15 is 0 Å². The summed E-state index contributed by atoms with van der Waals surface area (Å²) in [6, 6.07) is 6.45. The molecule has 3 aromatic rings. The summed E-state index contributed by atoms with van der Waals surface area (Å²) >= 11 is 5.73. The Bertz CT molecular complexity index is 1590. The van der Waals surface area contributed by atoms with Crippen LogP contribution in [0.3, 0.4) is 0 Å². The Balaban J connectivity index is 0.000000250. The van der Waals surface area contributed by atoms with E-state index in [9.17, 15) is 14.4 Å². The number of aliphatic hydroxyl groups is 1. The highest BCUT2D eigenvalue weighted by molar-refractivity contribution is 6.28. The van der Waals surface area contributed by atoms with Crippen LogP contribution in [-0.2, 0) is 9.47 Å². The minimum atomic E-state index is -0.671. The fourth-order valence-corrected chi connectivity index (χ4v) is 4.12. The number of hydrogen-bond donors (Lipinski definition) is 5. The molecule has 0 bridgehead atoms. The van der Waals surface area contributed by atoms with Gasteiger partial charge in [0.1, 0.15) is 6.23 Å². The number of halogens is 1. The van der Waals surface area contributed by atoms with Gasteiger partial charge in [-0.25, -0.2) is 9.59 Å². The molecule has 256 valence electrons. The average molecular weight is 676 g/mol. The molecular formula is C29H42ClN11O6. The highest BCUT2D eigenvalue weighted by Crippen LogP contribution is 2.29. The number of aryl methyl sites for hydroxylation is 1. The first-order valence-electron chi connectivity index (χ1n) is 15.0. The van der Waals surface area contributed by atoms with Gasteiger partial charge in [-0.05, 0) is 75.5 Å². The number of aromatic nitrogens is 5. The molecule has 0 aliphatic carbocycles. The molecule has 3 atom stereocenters. The summed E-state index contributed by atoms with van der Waals surface area (Å²) < 4.78 is 11.7. The highest BCUT2D eigenvalue weighted by Gasteiger charge is 2.35. The summed E-state index contributed by atoms with van der Waals surface area (Å²) in [4.78, 5) is 51.2. The van der Waals surface area contributed by atoms with Gasteiger partial charge in [0.2, 0.25) is 17.2 Å². The van der Waals surface area contributed by atoms with E-state index < -0.39 is 29.6 Å². The largest absolute Gasteiger partial charge is 0.462 e. The number of aliphatic hydroxyl groups excluding tert-OH is 1. The number of nitrogens with zero attached hydrogens (tertiary/aromatic N) is 7. The number of H-pyrrole nitrogens is 1. The zero-order valence-corrected chi connectivity index (χ0v) is 27.8. The third kappa shape index (κ3) is 12.9. The molecule has 2 aromatic heterocycles. The van der Waals surface area contributed by atoms with Crippen molar-refractivity contribution < 1.29 is 19.4 Å². The zero-order valence-electron chi connectivity index (χ0n) is 27.0. The number of benzene rings is 1. The molecule has 4 rings (SSSR count). The molecule has 3 heterocycles. The fourth-order valence-electron chi connectivity index (χ4n) is 3.96. The van der Waals surface area contributed by atoms with Crippen molar-refractivity contribution in [2.45, 2.75) is 78.3 Å². The number of azide groups is 1. The third-order valence-corrected chi connectivity index (χ3v) is 6.45. The summed E-state index contributed by atoms with van der Waals surface area (Å²) in [6.07, 6.45) is 2.26. The normalized spacial score (nSPS) is 16.6. The number of nitrogens with two attached hydrogens (primary N) is 1. The molecule has 47 heavy (non-hydrogen) atoms. The average Bonchev–Trinajstić information content (AvgIpc) is 3.42. The number of carbonyl (C=O) groups excluding carboxylic acids is 1. The number of nitrogen functional groups attached to an aromatic ring is 1. The Hall–Kier alpha value is -4.70. The lowest BCUT2D eigenvalue weighted by Gasteiger charge is -2.14. The number of ether oxygens (including phenoxy) is 2. The van der Waals surface area contributed by atoms with Gasteiger partial charge in [-0.1, -0.05) is 18.5 Å². The predicted molar refractivity (Wildman–Crippen MR) is 178 cm³/mol. The van der Waals surface area contributed by atoms with Gasteiger partial charge in [-0.2, -0.15) is 15.0 Å². The molecule has 18 heteroatoms. The topological polar surface area (TPSA) is 248 Å². The molecule has 0 spiro atoms. The van der Waals surface area contributed by atoms with E-state index in [4.69, 9.17) is 37.4 Å². The zero-order chi connectivity index (χ0) is 34.9. The van der Waals surface area contributed by atoms with E-state index in [1.165, 1.54) is 10.8 Å². The molecule has 17 nitrogen and oxygen atoms in total. The molecule has 0 unspecified atom stereocenters. The van der Waals surface area contributed by atoms with Gasteiger partial charge in [0, 0.05) is 41.4 Å². The number of unbranched alkanes of at least 4 members (excludes halogenated alkanes) is 1. The molecule has 0 radical (unpaired) electrons. The maximum absolute atomic E-state index is 11.7. The van der Waals surface area contributed by atoms with Crippen molar-refractivity contribution in [2.75, 3.05) is 36.1 Å². The van der Waals surface area contributed by atoms with Crippen molar-refractivity contribution in [1.29, 1.82) is 0 Å². The van der Waals surface area contributed by atoms with Gasteiger partial charge in [0.05, 0.1) is 30.9 Å². The van der Waals surface area contributed by atoms with Crippen molar-refractivity contribution >= 4 is 35.2 Å². The van der Waals surface area contributed by atoms with Crippen molar-refractivity contribution in [1.82, 2.24) is 24.5 Å². The Morgan fingerprint density at radius 1 is 1.26 bits per heavy atom. The van der Waals surface area contributed by atoms with Crippen LogP contribution >= 0.6 is 11.6 Å². The van der Waals surface area contributed by atoms with E-state index in [1.54, 1.807) is 31.2 Å². The van der Waals surface area contributed by atoms with Gasteiger partial charge in [-0.15, -0.1) is 0 Å². The van der Waals surface area contributed by atoms with Crippen LogP contribution < -0.4 is 27.6 Å². The second-order valence-corrected chi connectivity index (χ2v) is 10.8. The lowest BCUT2D eigenvalue weighted by molar-refractivity contribution is -0.0271. The Kier molecular flexibility index (Phi) is 16.2.